The number of aliphatic hydroxyl groups is 1. The highest BCUT2D eigenvalue weighted by atomic mass is 127. The Morgan fingerprint density at radius 2 is 1.85 bits per heavy atom. The maximum Gasteiger partial charge on any atom is 0.416 e. The normalized spacial score (nSPS) is 20.3. The molecule has 17 heteroatoms. The van der Waals surface area contributed by atoms with Gasteiger partial charge in [-0.1, -0.05) is 23.9 Å². The first kappa shape index (κ1) is 35.2. The minimum absolute atomic E-state index is 0.0971. The number of alkyl halides is 6. The Bertz CT molecular complexity index is 1800. The Kier molecular flexibility index (Phi) is 9.50. The maximum atomic E-state index is 13.7. The van der Waals surface area contributed by atoms with Crippen molar-refractivity contribution in [1.29, 1.82) is 0 Å². The van der Waals surface area contributed by atoms with E-state index in [0.717, 1.165) is 17.8 Å². The molecule has 9 nitrogen and oxygen atoms in total. The number of carbonyl (C=O) groups is 2. The summed E-state index contributed by atoms with van der Waals surface area (Å²) in [7, 11) is 0. The zero-order valence-electron chi connectivity index (χ0n) is 25.1. The van der Waals surface area contributed by atoms with Gasteiger partial charge in [-0.25, -0.2) is 9.79 Å². The van der Waals surface area contributed by atoms with Gasteiger partial charge in [0.1, 0.15) is 19.9 Å². The zero-order valence-corrected chi connectivity index (χ0v) is 28.1. The van der Waals surface area contributed by atoms with Crippen LogP contribution in [0.4, 0.5) is 31.1 Å². The number of nitrogens with one attached hydrogen (secondary N) is 1. The SMILES string of the molecule is CC(C)(C)OC(=O)N1CCNCC1(CO)C1=NC(=O)C(=Cc2ccc3c(c2)c(I)nn3Cc2ccc(C(F)(F)F)cc2C(F)(F)F)S1. The summed E-state index contributed by atoms with van der Waals surface area (Å²) in [6.07, 6.45) is -9.06. The standard InChI is InChI=1S/C30H28F6IN5O4S/c1-27(2,3)46-26(45)41-9-8-38-14-28(41,15-43)25-39-24(44)22(47-25)11-16-4-7-21-19(10-16)23(37)40-42(21)13-17-5-6-18(29(31,32)33)12-20(17)30(34,35)36/h4-7,10-12,38,43H,8-9,13-15H2,1-3H3. The number of hydrogen-bond donors (Lipinski definition) is 2. The van der Waals surface area contributed by atoms with Crippen LogP contribution in [0.25, 0.3) is 17.0 Å². The van der Waals surface area contributed by atoms with Crippen molar-refractivity contribution in [3.8, 4) is 0 Å². The third-order valence-electron chi connectivity index (χ3n) is 7.43. The number of hydrogen-bond acceptors (Lipinski definition) is 7. The van der Waals surface area contributed by atoms with Gasteiger partial charge in [-0.05, 0) is 84.8 Å². The minimum Gasteiger partial charge on any atom is -0.444 e. The number of amides is 2. The van der Waals surface area contributed by atoms with E-state index in [4.69, 9.17) is 4.74 Å². The molecular formula is C30H28F6IN5O4S. The van der Waals surface area contributed by atoms with E-state index in [-0.39, 0.29) is 34.7 Å². The summed E-state index contributed by atoms with van der Waals surface area (Å²) >= 11 is 2.91. The first-order valence-electron chi connectivity index (χ1n) is 14.1. The molecule has 47 heavy (non-hydrogen) atoms. The maximum absolute atomic E-state index is 13.7. The van der Waals surface area contributed by atoms with Crippen molar-refractivity contribution in [1.82, 2.24) is 20.0 Å². The van der Waals surface area contributed by atoms with Crippen LogP contribution in [0, 0.1) is 3.70 Å². The second-order valence-corrected chi connectivity index (χ2v) is 14.0. The highest BCUT2D eigenvalue weighted by molar-refractivity contribution is 14.1. The van der Waals surface area contributed by atoms with Gasteiger partial charge in [0.2, 0.25) is 0 Å². The van der Waals surface area contributed by atoms with E-state index in [1.165, 1.54) is 9.58 Å². The van der Waals surface area contributed by atoms with Gasteiger partial charge >= 0.3 is 18.4 Å². The van der Waals surface area contributed by atoms with Crippen LogP contribution in [-0.2, 0) is 28.4 Å². The lowest BCUT2D eigenvalue weighted by Crippen LogP contribution is -2.68. The molecule has 1 atom stereocenters. The molecular weight excluding hydrogens is 767 g/mol. The quantitative estimate of drug-likeness (QED) is 0.177. The van der Waals surface area contributed by atoms with Crippen molar-refractivity contribution in [2.75, 3.05) is 26.2 Å². The molecule has 0 saturated carbocycles. The molecule has 3 aromatic rings. The van der Waals surface area contributed by atoms with Crippen LogP contribution in [-0.4, -0.2) is 74.2 Å². The molecule has 2 aliphatic rings. The number of thioether (sulfide) groups is 1. The van der Waals surface area contributed by atoms with Crippen molar-refractivity contribution in [3.63, 3.8) is 0 Å². The molecule has 0 aliphatic carbocycles. The van der Waals surface area contributed by atoms with Crippen LogP contribution in [0.3, 0.4) is 0 Å². The monoisotopic (exact) mass is 795 g/mol. The number of aromatic nitrogens is 2. The largest absolute Gasteiger partial charge is 0.444 e. The molecule has 0 spiro atoms. The van der Waals surface area contributed by atoms with Crippen molar-refractivity contribution in [2.24, 2.45) is 4.99 Å². The highest BCUT2D eigenvalue weighted by Gasteiger charge is 2.50. The van der Waals surface area contributed by atoms with Crippen LogP contribution in [0.1, 0.15) is 43.0 Å². The second-order valence-electron chi connectivity index (χ2n) is 11.9. The van der Waals surface area contributed by atoms with Crippen molar-refractivity contribution in [2.45, 2.75) is 50.8 Å². The van der Waals surface area contributed by atoms with Gasteiger partial charge in [-0.15, -0.1) is 0 Å². The Hall–Kier alpha value is -3.16. The number of fused-ring (bicyclic) bond motifs is 1. The zero-order chi connectivity index (χ0) is 34.5. The number of halogens is 7. The Morgan fingerprint density at radius 3 is 2.49 bits per heavy atom. The fraction of sp³-hybridized carbons (Fsp3) is 0.400. The Morgan fingerprint density at radius 1 is 1.13 bits per heavy atom. The van der Waals surface area contributed by atoms with Crippen molar-refractivity contribution in [3.05, 3.63) is 67.3 Å². The van der Waals surface area contributed by atoms with E-state index < -0.39 is 59.8 Å². The van der Waals surface area contributed by atoms with Gasteiger partial charge < -0.3 is 15.2 Å². The number of carbonyl (C=O) groups excluding carboxylic acids is 2. The van der Waals surface area contributed by atoms with E-state index in [9.17, 15) is 41.0 Å². The van der Waals surface area contributed by atoms with Crippen LogP contribution in [0.5, 0.6) is 0 Å². The first-order chi connectivity index (χ1) is 21.8. The van der Waals surface area contributed by atoms with Crippen LogP contribution in [0.15, 0.2) is 46.3 Å². The van der Waals surface area contributed by atoms with E-state index in [1.807, 2.05) is 22.6 Å². The lowest BCUT2D eigenvalue weighted by molar-refractivity contribution is -0.143. The second kappa shape index (κ2) is 12.7. The lowest BCUT2D eigenvalue weighted by atomic mass is 9.97. The predicted molar refractivity (Wildman–Crippen MR) is 172 cm³/mol. The van der Waals surface area contributed by atoms with Gasteiger partial charge in [-0.2, -0.15) is 31.4 Å². The van der Waals surface area contributed by atoms with Crippen LogP contribution >= 0.6 is 34.4 Å². The number of rotatable bonds is 5. The summed E-state index contributed by atoms with van der Waals surface area (Å²) in [5, 5.41) is 18.7. The molecule has 1 fully saturated rings. The molecule has 1 unspecified atom stereocenters. The molecule has 2 aromatic carbocycles. The smallest absolute Gasteiger partial charge is 0.416 e. The molecule has 2 amide bonds. The summed E-state index contributed by atoms with van der Waals surface area (Å²) in [4.78, 5) is 31.9. The summed E-state index contributed by atoms with van der Waals surface area (Å²) in [6.45, 7) is 4.97. The third-order valence-corrected chi connectivity index (χ3v) is 9.40. The summed E-state index contributed by atoms with van der Waals surface area (Å²) in [5.74, 6) is -0.583. The Labute approximate surface area is 282 Å². The van der Waals surface area contributed by atoms with Gasteiger partial charge in [0.05, 0.1) is 34.7 Å². The molecule has 1 aromatic heterocycles. The topological polar surface area (TPSA) is 109 Å². The van der Waals surface area contributed by atoms with Gasteiger partial charge in [0.25, 0.3) is 5.91 Å². The Balaban J connectivity index is 1.42. The fourth-order valence-corrected chi connectivity index (χ4v) is 7.02. The van der Waals surface area contributed by atoms with E-state index in [1.54, 1.807) is 45.0 Å². The molecule has 2 N–H and O–H groups in total. The number of benzene rings is 2. The molecule has 0 radical (unpaired) electrons. The number of piperazine rings is 1. The number of ether oxygens (including phenoxy) is 1. The highest BCUT2D eigenvalue weighted by Crippen LogP contribution is 2.39. The van der Waals surface area contributed by atoms with Crippen molar-refractivity contribution < 1.29 is 45.8 Å². The molecule has 2 aliphatic heterocycles. The molecule has 1 saturated heterocycles. The van der Waals surface area contributed by atoms with Gasteiger partial charge in [0, 0.05) is 25.0 Å². The number of aliphatic hydroxyl groups excluding tert-OH is 1. The number of nitrogens with zero attached hydrogens (tertiary/aromatic N) is 4. The number of aliphatic imine (C=N–C) groups is 1. The lowest BCUT2D eigenvalue weighted by Gasteiger charge is -2.45. The predicted octanol–water partition coefficient (Wildman–Crippen LogP) is 6.31. The third kappa shape index (κ3) is 7.31. The van der Waals surface area contributed by atoms with Crippen LogP contribution in [0.2, 0.25) is 0 Å². The van der Waals surface area contributed by atoms with Gasteiger partial charge in [0.15, 0.2) is 0 Å². The minimum atomic E-state index is -5.02. The summed E-state index contributed by atoms with van der Waals surface area (Å²) in [6, 6.07) is 6.38. The summed E-state index contributed by atoms with van der Waals surface area (Å²) in [5.41, 5.74) is -4.37. The molecule has 252 valence electrons. The average molecular weight is 796 g/mol. The van der Waals surface area contributed by atoms with E-state index in [0.29, 0.717) is 32.8 Å². The fourth-order valence-electron chi connectivity index (χ4n) is 5.22. The van der Waals surface area contributed by atoms with Crippen molar-refractivity contribution >= 4 is 68.4 Å². The average Bonchev–Trinajstić information content (AvgIpc) is 3.49. The van der Waals surface area contributed by atoms with E-state index in [2.05, 4.69) is 15.4 Å². The summed E-state index contributed by atoms with van der Waals surface area (Å²) < 4.78 is 87.9. The molecule has 3 heterocycles. The van der Waals surface area contributed by atoms with Gasteiger partial charge in [-0.3, -0.25) is 14.4 Å². The molecule has 0 bridgehead atoms. The first-order valence-corrected chi connectivity index (χ1v) is 16.0. The molecule has 5 rings (SSSR count). The van der Waals surface area contributed by atoms with Crippen LogP contribution < -0.4 is 5.32 Å². The van der Waals surface area contributed by atoms with E-state index >= 15 is 0 Å².